The Morgan fingerprint density at radius 2 is 1.63 bits per heavy atom. The van der Waals surface area contributed by atoms with Gasteiger partial charge in [-0.25, -0.2) is 4.68 Å². The molecule has 0 aliphatic heterocycles. The summed E-state index contributed by atoms with van der Waals surface area (Å²) in [4.78, 5) is 0. The van der Waals surface area contributed by atoms with Crippen LogP contribution in [-0.4, -0.2) is 9.78 Å². The van der Waals surface area contributed by atoms with Gasteiger partial charge in [0.05, 0.1) is 11.9 Å². The van der Waals surface area contributed by atoms with Gasteiger partial charge in [-0.2, -0.15) is 5.10 Å². The summed E-state index contributed by atoms with van der Waals surface area (Å²) < 4.78 is 1.71. The van der Waals surface area contributed by atoms with E-state index in [-0.39, 0.29) is 0 Å². The van der Waals surface area contributed by atoms with Crippen LogP contribution in [0.3, 0.4) is 0 Å². The Morgan fingerprint density at radius 1 is 0.947 bits per heavy atom. The summed E-state index contributed by atoms with van der Waals surface area (Å²) in [5.74, 6) is 0.619. The van der Waals surface area contributed by atoms with Crippen molar-refractivity contribution < 1.29 is 0 Å². The van der Waals surface area contributed by atoms with Gasteiger partial charge < -0.3 is 5.73 Å². The minimum absolute atomic E-state index is 0.619. The maximum Gasteiger partial charge on any atom is 0.135 e. The lowest BCUT2D eigenvalue weighted by molar-refractivity contribution is 0.891. The second-order valence-corrected chi connectivity index (χ2v) is 4.63. The predicted molar refractivity (Wildman–Crippen MR) is 78.4 cm³/mol. The number of anilines is 1. The average Bonchev–Trinajstić information content (AvgIpc) is 2.83. The molecule has 94 valence electrons. The van der Waals surface area contributed by atoms with E-state index in [1.54, 1.807) is 10.9 Å². The number of nitrogens with two attached hydrogens (primary N) is 1. The molecule has 3 rings (SSSR count). The SMILES string of the molecule is Nc1c(-c2ccccc2)cnn1-c1ccc(Cl)cc1. The largest absolute Gasteiger partial charge is 0.383 e. The predicted octanol–water partition coefficient (Wildman–Crippen LogP) is 3.77. The van der Waals surface area contributed by atoms with Gasteiger partial charge in [-0.15, -0.1) is 0 Å². The van der Waals surface area contributed by atoms with Crippen LogP contribution in [0.5, 0.6) is 0 Å². The first-order chi connectivity index (χ1) is 9.25. The van der Waals surface area contributed by atoms with Crippen LogP contribution < -0.4 is 5.73 Å². The third-order valence-electron chi connectivity index (χ3n) is 2.96. The fourth-order valence-corrected chi connectivity index (χ4v) is 2.11. The Labute approximate surface area is 116 Å². The molecule has 2 N–H and O–H groups in total. The molecular formula is C15H12ClN3. The monoisotopic (exact) mass is 269 g/mol. The zero-order valence-corrected chi connectivity index (χ0v) is 10.9. The summed E-state index contributed by atoms with van der Waals surface area (Å²) in [5, 5.41) is 5.03. The number of nitrogens with zero attached hydrogens (tertiary/aromatic N) is 2. The smallest absolute Gasteiger partial charge is 0.135 e. The van der Waals surface area contributed by atoms with Crippen molar-refractivity contribution in [3.63, 3.8) is 0 Å². The van der Waals surface area contributed by atoms with Crippen molar-refractivity contribution in [3.05, 3.63) is 65.8 Å². The van der Waals surface area contributed by atoms with Crippen molar-refractivity contribution in [2.45, 2.75) is 0 Å². The number of hydrogen-bond acceptors (Lipinski definition) is 2. The van der Waals surface area contributed by atoms with Gasteiger partial charge in [-0.05, 0) is 29.8 Å². The van der Waals surface area contributed by atoms with Crippen LogP contribution in [0, 0.1) is 0 Å². The van der Waals surface area contributed by atoms with E-state index in [1.165, 1.54) is 0 Å². The molecule has 1 heterocycles. The molecule has 0 saturated heterocycles. The molecule has 3 aromatic rings. The minimum Gasteiger partial charge on any atom is -0.383 e. The lowest BCUT2D eigenvalue weighted by Crippen LogP contribution is -2.01. The van der Waals surface area contributed by atoms with E-state index in [0.29, 0.717) is 10.8 Å². The Morgan fingerprint density at radius 3 is 2.32 bits per heavy atom. The molecule has 0 aliphatic rings. The summed E-state index contributed by atoms with van der Waals surface area (Å²) in [5.41, 5.74) is 9.05. The molecule has 0 bridgehead atoms. The zero-order chi connectivity index (χ0) is 13.2. The van der Waals surface area contributed by atoms with Crippen molar-refractivity contribution in [3.8, 4) is 16.8 Å². The maximum absolute atomic E-state index is 6.17. The Kier molecular flexibility index (Phi) is 2.97. The van der Waals surface area contributed by atoms with Gasteiger partial charge in [-0.3, -0.25) is 0 Å². The second kappa shape index (κ2) is 4.78. The Bertz CT molecular complexity index is 687. The molecule has 0 radical (unpaired) electrons. The third kappa shape index (κ3) is 2.20. The molecule has 0 atom stereocenters. The van der Waals surface area contributed by atoms with Crippen LogP contribution in [0.2, 0.25) is 5.02 Å². The molecular weight excluding hydrogens is 258 g/mol. The highest BCUT2D eigenvalue weighted by atomic mass is 35.5. The van der Waals surface area contributed by atoms with E-state index in [1.807, 2.05) is 54.6 Å². The van der Waals surface area contributed by atoms with Gasteiger partial charge in [0.25, 0.3) is 0 Å². The lowest BCUT2D eigenvalue weighted by Gasteiger charge is -2.05. The Hall–Kier alpha value is -2.26. The van der Waals surface area contributed by atoms with Crippen LogP contribution in [0.15, 0.2) is 60.8 Å². The summed E-state index contributed by atoms with van der Waals surface area (Å²) in [6.45, 7) is 0. The summed E-state index contributed by atoms with van der Waals surface area (Å²) in [6.07, 6.45) is 1.78. The number of rotatable bonds is 2. The molecule has 1 aromatic heterocycles. The molecule has 0 amide bonds. The zero-order valence-electron chi connectivity index (χ0n) is 10.1. The van der Waals surface area contributed by atoms with Crippen LogP contribution >= 0.6 is 11.6 Å². The summed E-state index contributed by atoms with van der Waals surface area (Å²) >= 11 is 5.88. The molecule has 0 fully saturated rings. The summed E-state index contributed by atoms with van der Waals surface area (Å²) in [7, 11) is 0. The van der Waals surface area contributed by atoms with Gasteiger partial charge >= 0.3 is 0 Å². The maximum atomic E-state index is 6.17. The van der Waals surface area contributed by atoms with Crippen LogP contribution in [-0.2, 0) is 0 Å². The van der Waals surface area contributed by atoms with Gasteiger partial charge in [0.15, 0.2) is 0 Å². The lowest BCUT2D eigenvalue weighted by atomic mass is 10.1. The number of hydrogen-bond donors (Lipinski definition) is 1. The number of aromatic nitrogens is 2. The van der Waals surface area contributed by atoms with E-state index in [4.69, 9.17) is 17.3 Å². The van der Waals surface area contributed by atoms with Crippen molar-refractivity contribution in [2.75, 3.05) is 5.73 Å². The average molecular weight is 270 g/mol. The highest BCUT2D eigenvalue weighted by Crippen LogP contribution is 2.27. The van der Waals surface area contributed by atoms with E-state index < -0.39 is 0 Å². The molecule has 2 aromatic carbocycles. The topological polar surface area (TPSA) is 43.8 Å². The number of nitrogen functional groups attached to an aromatic ring is 1. The molecule has 4 heteroatoms. The van der Waals surface area contributed by atoms with Crippen LogP contribution in [0.4, 0.5) is 5.82 Å². The van der Waals surface area contributed by atoms with Gasteiger partial charge in [-0.1, -0.05) is 41.9 Å². The van der Waals surface area contributed by atoms with Crippen molar-refractivity contribution in [1.82, 2.24) is 9.78 Å². The van der Waals surface area contributed by atoms with Gasteiger partial charge in [0, 0.05) is 10.6 Å². The summed E-state index contributed by atoms with van der Waals surface area (Å²) in [6, 6.07) is 17.4. The van der Waals surface area contributed by atoms with Crippen molar-refractivity contribution in [1.29, 1.82) is 0 Å². The van der Waals surface area contributed by atoms with Crippen molar-refractivity contribution >= 4 is 17.4 Å². The highest BCUT2D eigenvalue weighted by molar-refractivity contribution is 6.30. The third-order valence-corrected chi connectivity index (χ3v) is 3.21. The second-order valence-electron chi connectivity index (χ2n) is 4.20. The van der Waals surface area contributed by atoms with Crippen LogP contribution in [0.1, 0.15) is 0 Å². The quantitative estimate of drug-likeness (QED) is 0.769. The molecule has 0 spiro atoms. The Balaban J connectivity index is 2.06. The number of halogens is 1. The molecule has 19 heavy (non-hydrogen) atoms. The number of benzene rings is 2. The van der Waals surface area contributed by atoms with Crippen LogP contribution in [0.25, 0.3) is 16.8 Å². The molecule has 0 aliphatic carbocycles. The first-order valence-corrected chi connectivity index (χ1v) is 6.28. The highest BCUT2D eigenvalue weighted by Gasteiger charge is 2.10. The fraction of sp³-hybridized carbons (Fsp3) is 0. The van der Waals surface area contributed by atoms with Gasteiger partial charge in [0.1, 0.15) is 5.82 Å². The molecule has 3 nitrogen and oxygen atoms in total. The first kappa shape index (κ1) is 11.8. The van der Waals surface area contributed by atoms with Gasteiger partial charge in [0.2, 0.25) is 0 Å². The molecule has 0 saturated carbocycles. The van der Waals surface area contributed by atoms with E-state index >= 15 is 0 Å². The van der Waals surface area contributed by atoms with E-state index in [2.05, 4.69) is 5.10 Å². The normalized spacial score (nSPS) is 10.6. The van der Waals surface area contributed by atoms with E-state index in [9.17, 15) is 0 Å². The minimum atomic E-state index is 0.619. The first-order valence-electron chi connectivity index (χ1n) is 5.90. The molecule has 0 unspecified atom stereocenters. The van der Waals surface area contributed by atoms with E-state index in [0.717, 1.165) is 16.8 Å². The fourth-order valence-electron chi connectivity index (χ4n) is 1.99. The standard InChI is InChI=1S/C15H12ClN3/c16-12-6-8-13(9-7-12)19-15(17)14(10-18-19)11-4-2-1-3-5-11/h1-10H,17H2. The van der Waals surface area contributed by atoms with Crippen molar-refractivity contribution in [2.24, 2.45) is 0 Å².